The molecule has 1 saturated carbocycles. The highest BCUT2D eigenvalue weighted by Crippen LogP contribution is 2.47. The van der Waals surface area contributed by atoms with Crippen LogP contribution in [-0.4, -0.2) is 42.2 Å². The Morgan fingerprint density at radius 3 is 2.18 bits per heavy atom. The molecule has 1 N–H and O–H groups in total. The average molecular weight is 462 g/mol. The van der Waals surface area contributed by atoms with Crippen molar-refractivity contribution in [3.63, 3.8) is 0 Å². The molecular weight excluding hydrogens is 424 g/mol. The Kier molecular flexibility index (Phi) is 7.00. The number of para-hydroxylation sites is 1. The van der Waals surface area contributed by atoms with E-state index < -0.39 is 6.09 Å². The number of carbonyl (C=O) groups is 2. The molecule has 6 rings (SSSR count). The van der Waals surface area contributed by atoms with Gasteiger partial charge in [-0.2, -0.15) is 0 Å². The molecule has 4 aliphatic rings. The number of Topliss-reactive ketones (excluding diaryl/α,β-unsaturated/α-hetero) is 1. The molecule has 2 bridgehead atoms. The van der Waals surface area contributed by atoms with Crippen molar-refractivity contribution in [2.45, 2.75) is 57.6 Å². The molecule has 0 radical (unpaired) electrons. The van der Waals surface area contributed by atoms with Gasteiger partial charge in [-0.3, -0.25) is 14.6 Å². The summed E-state index contributed by atoms with van der Waals surface area (Å²) in [4.78, 5) is 26.4. The minimum Gasteiger partial charge on any atom is -0.396 e. The van der Waals surface area contributed by atoms with E-state index in [9.17, 15) is 9.59 Å². The number of benzene rings is 2. The lowest BCUT2D eigenvalue weighted by atomic mass is 9.70. The maximum absolute atomic E-state index is 13.3. The zero-order chi connectivity index (χ0) is 23.4. The van der Waals surface area contributed by atoms with E-state index in [1.54, 1.807) is 0 Å². The summed E-state index contributed by atoms with van der Waals surface area (Å²) in [5.74, 6) is 1.78. The van der Waals surface area contributed by atoms with Gasteiger partial charge in [-0.05, 0) is 30.4 Å². The van der Waals surface area contributed by atoms with Crippen LogP contribution >= 0.6 is 0 Å². The molecule has 5 nitrogen and oxygen atoms in total. The quantitative estimate of drug-likeness (QED) is 0.390. The lowest BCUT2D eigenvalue weighted by molar-refractivity contribution is -0.982. The van der Waals surface area contributed by atoms with Crippen molar-refractivity contribution in [3.8, 4) is 0 Å². The zero-order valence-electron chi connectivity index (χ0n) is 20.0. The lowest BCUT2D eigenvalue weighted by Gasteiger charge is -2.56. The summed E-state index contributed by atoms with van der Waals surface area (Å²) in [5, 5.41) is 2.92. The van der Waals surface area contributed by atoms with E-state index in [4.69, 9.17) is 4.74 Å². The minimum atomic E-state index is -0.401. The number of amides is 1. The van der Waals surface area contributed by atoms with Crippen molar-refractivity contribution in [2.24, 2.45) is 17.8 Å². The highest BCUT2D eigenvalue weighted by atomic mass is 16.6. The highest BCUT2D eigenvalue weighted by molar-refractivity contribution is 5.97. The molecule has 3 heterocycles. The fourth-order valence-corrected chi connectivity index (χ4v) is 6.77. The van der Waals surface area contributed by atoms with Crippen LogP contribution in [0.1, 0.15) is 61.7 Å². The number of quaternary nitrogens is 1. The Morgan fingerprint density at radius 1 is 0.853 bits per heavy atom. The summed E-state index contributed by atoms with van der Waals surface area (Å²) >= 11 is 0. The molecule has 34 heavy (non-hydrogen) atoms. The Bertz CT molecular complexity index is 963. The smallest absolute Gasteiger partial charge is 0.396 e. The van der Waals surface area contributed by atoms with Crippen molar-refractivity contribution >= 4 is 17.6 Å². The van der Waals surface area contributed by atoms with Crippen molar-refractivity contribution in [2.75, 3.05) is 25.0 Å². The lowest BCUT2D eigenvalue weighted by Crippen LogP contribution is -2.70. The fourth-order valence-electron chi connectivity index (χ4n) is 6.77. The predicted molar refractivity (Wildman–Crippen MR) is 133 cm³/mol. The second-order valence-electron chi connectivity index (χ2n) is 10.6. The first-order chi connectivity index (χ1) is 16.6. The first kappa shape index (κ1) is 23.1. The van der Waals surface area contributed by atoms with Crippen LogP contribution in [0.15, 0.2) is 60.7 Å². The van der Waals surface area contributed by atoms with Crippen LogP contribution in [0.5, 0.6) is 0 Å². The third kappa shape index (κ3) is 5.05. The largest absolute Gasteiger partial charge is 0.416 e. The molecule has 0 spiro atoms. The van der Waals surface area contributed by atoms with Gasteiger partial charge in [0, 0.05) is 24.1 Å². The number of ether oxygens (including phenoxy) is 1. The minimum absolute atomic E-state index is 0.148. The number of nitrogens with zero attached hydrogens (tertiary/aromatic N) is 1. The number of anilines is 1. The molecule has 3 saturated heterocycles. The van der Waals surface area contributed by atoms with Gasteiger partial charge in [-0.15, -0.1) is 0 Å². The fraction of sp³-hybridized carbons (Fsp3) is 0.517. The maximum atomic E-state index is 13.3. The monoisotopic (exact) mass is 461 g/mol. The van der Waals surface area contributed by atoms with Crippen molar-refractivity contribution in [1.29, 1.82) is 0 Å². The molecule has 1 unspecified atom stereocenters. The number of rotatable bonds is 7. The summed E-state index contributed by atoms with van der Waals surface area (Å²) < 4.78 is 6.88. The van der Waals surface area contributed by atoms with E-state index in [0.29, 0.717) is 28.8 Å². The second kappa shape index (κ2) is 10.3. The molecule has 3 aliphatic heterocycles. The first-order valence-electron chi connectivity index (χ1n) is 13.1. The summed E-state index contributed by atoms with van der Waals surface area (Å²) in [6.45, 7) is 2.22. The molecule has 1 amide bonds. The van der Waals surface area contributed by atoms with Crippen molar-refractivity contribution in [1.82, 2.24) is 0 Å². The second-order valence-corrected chi connectivity index (χ2v) is 10.6. The van der Waals surface area contributed by atoms with Crippen LogP contribution in [0.4, 0.5) is 10.5 Å². The van der Waals surface area contributed by atoms with Gasteiger partial charge in [-0.1, -0.05) is 80.6 Å². The van der Waals surface area contributed by atoms with Gasteiger partial charge in [0.2, 0.25) is 12.0 Å². The average Bonchev–Trinajstić information content (AvgIpc) is 2.88. The molecular formula is C29H37N2O3+. The number of piperidine rings is 3. The van der Waals surface area contributed by atoms with Gasteiger partial charge in [0.1, 0.15) is 6.54 Å². The molecule has 2 atom stereocenters. The van der Waals surface area contributed by atoms with Crippen LogP contribution in [0.3, 0.4) is 0 Å². The highest BCUT2D eigenvalue weighted by Gasteiger charge is 2.56. The van der Waals surface area contributed by atoms with Crippen LogP contribution in [0.25, 0.3) is 0 Å². The number of hydrogen-bond donors (Lipinski definition) is 1. The Morgan fingerprint density at radius 2 is 1.50 bits per heavy atom. The van der Waals surface area contributed by atoms with E-state index in [1.807, 2.05) is 60.7 Å². The van der Waals surface area contributed by atoms with Crippen LogP contribution in [-0.2, 0) is 4.74 Å². The van der Waals surface area contributed by atoms with Gasteiger partial charge in [-0.25, -0.2) is 4.79 Å². The Labute approximate surface area is 203 Å². The van der Waals surface area contributed by atoms with Gasteiger partial charge < -0.3 is 4.74 Å². The summed E-state index contributed by atoms with van der Waals surface area (Å²) in [6, 6.07) is 19.1. The number of carbonyl (C=O) groups excluding carboxylic acids is 2. The van der Waals surface area contributed by atoms with E-state index in [1.165, 1.54) is 32.1 Å². The molecule has 180 valence electrons. The number of hydrogen-bond acceptors (Lipinski definition) is 3. The van der Waals surface area contributed by atoms with E-state index >= 15 is 0 Å². The Balaban J connectivity index is 1.39. The van der Waals surface area contributed by atoms with Crippen LogP contribution in [0.2, 0.25) is 0 Å². The summed E-state index contributed by atoms with van der Waals surface area (Å²) in [7, 11) is 0. The standard InChI is InChI=1S/C29H36N2O3/c32-27(24-12-6-2-7-13-24)21-31-18-16-23(17-19-31)26(20-22-10-4-1-5-11-22)28(31)34-29(33)30-25-14-8-3-9-15-25/h2-3,6-9,12-15,22-23,26,28H,1,4-5,10-11,16-21H2/p+1/t23?,26?,28-,31?/m1/s1. The topological polar surface area (TPSA) is 55.4 Å². The van der Waals surface area contributed by atoms with E-state index in [2.05, 4.69) is 5.32 Å². The SMILES string of the molecule is O=C(Nc1ccccc1)O[C@@H]1C(CC2CCCCC2)C2CC[N+]1(CC(=O)c1ccccc1)CC2. The third-order valence-electron chi connectivity index (χ3n) is 8.53. The molecule has 0 aromatic heterocycles. The summed E-state index contributed by atoms with van der Waals surface area (Å²) in [5.41, 5.74) is 1.48. The number of nitrogens with one attached hydrogen (secondary N) is 1. The molecule has 2 aromatic rings. The molecule has 1 aliphatic carbocycles. The van der Waals surface area contributed by atoms with Gasteiger partial charge >= 0.3 is 6.09 Å². The predicted octanol–water partition coefficient (Wildman–Crippen LogP) is 6.27. The van der Waals surface area contributed by atoms with Crippen LogP contribution in [0, 0.1) is 17.8 Å². The normalized spacial score (nSPS) is 28.9. The third-order valence-corrected chi connectivity index (χ3v) is 8.53. The molecule has 2 aromatic carbocycles. The van der Waals surface area contributed by atoms with Crippen LogP contribution < -0.4 is 5.32 Å². The molecule has 5 heteroatoms. The first-order valence-corrected chi connectivity index (χ1v) is 13.1. The van der Waals surface area contributed by atoms with Gasteiger partial charge in [0.15, 0.2) is 0 Å². The van der Waals surface area contributed by atoms with Crippen molar-refractivity contribution in [3.05, 3.63) is 66.2 Å². The number of ketones is 1. The summed E-state index contributed by atoms with van der Waals surface area (Å²) in [6.07, 6.45) is 9.25. The Hall–Kier alpha value is -2.66. The van der Waals surface area contributed by atoms with Gasteiger partial charge in [0.05, 0.1) is 19.0 Å². The van der Waals surface area contributed by atoms with Gasteiger partial charge in [0.25, 0.3) is 0 Å². The van der Waals surface area contributed by atoms with Crippen molar-refractivity contribution < 1.29 is 18.8 Å². The zero-order valence-corrected chi connectivity index (χ0v) is 20.0. The molecule has 4 fully saturated rings. The maximum Gasteiger partial charge on any atom is 0.416 e. The van der Waals surface area contributed by atoms with E-state index in [0.717, 1.165) is 43.6 Å². The van der Waals surface area contributed by atoms with E-state index in [-0.39, 0.29) is 12.0 Å². The number of fused-ring (bicyclic) bond motifs is 3.